The van der Waals surface area contributed by atoms with E-state index in [9.17, 15) is 9.18 Å². The van der Waals surface area contributed by atoms with Crippen molar-refractivity contribution in [1.29, 1.82) is 0 Å². The van der Waals surface area contributed by atoms with Gasteiger partial charge in [-0.1, -0.05) is 18.2 Å². The minimum absolute atomic E-state index is 0.0559. The highest BCUT2D eigenvalue weighted by Crippen LogP contribution is 2.33. The number of fused-ring (bicyclic) bond motifs is 1. The summed E-state index contributed by atoms with van der Waals surface area (Å²) in [6.45, 7) is 3.57. The molecule has 2 aromatic rings. The summed E-state index contributed by atoms with van der Waals surface area (Å²) in [5, 5.41) is 2.93. The van der Waals surface area contributed by atoms with Crippen LogP contribution in [0, 0.1) is 5.82 Å². The number of carbonyl (C=O) groups is 1. The lowest BCUT2D eigenvalue weighted by Crippen LogP contribution is -2.48. The molecule has 1 fully saturated rings. The number of hydrogen-bond donors (Lipinski definition) is 1. The molecule has 1 amide bonds. The molecule has 2 atom stereocenters. The normalized spacial score (nSPS) is 17.7. The van der Waals surface area contributed by atoms with Crippen LogP contribution in [-0.2, 0) is 16.1 Å². The fraction of sp³-hybridized carbons (Fsp3) is 0.500. The highest BCUT2D eigenvalue weighted by molar-refractivity contribution is 5.81. The molecule has 190 valence electrons. The first-order valence-corrected chi connectivity index (χ1v) is 12.0. The van der Waals surface area contributed by atoms with Gasteiger partial charge in [-0.05, 0) is 56.8 Å². The molecular weight excluding hydrogens is 453 g/mol. The average Bonchev–Trinajstić information content (AvgIpc) is 3.51. The quantitative estimate of drug-likeness (QED) is 0.494. The van der Waals surface area contributed by atoms with E-state index in [1.54, 1.807) is 12.1 Å². The maximum absolute atomic E-state index is 14.4. The number of halogens is 1. The van der Waals surface area contributed by atoms with Crippen molar-refractivity contribution < 1.29 is 28.1 Å². The fourth-order valence-corrected chi connectivity index (χ4v) is 4.20. The summed E-state index contributed by atoms with van der Waals surface area (Å²) in [6, 6.07) is 12.0. The van der Waals surface area contributed by atoms with Crippen molar-refractivity contribution in [3.63, 3.8) is 0 Å². The average molecular weight is 488 g/mol. The molecule has 1 N–H and O–H groups in total. The first kappa shape index (κ1) is 25.2. The van der Waals surface area contributed by atoms with Gasteiger partial charge in [-0.25, -0.2) is 4.39 Å². The molecule has 2 heterocycles. The van der Waals surface area contributed by atoms with Gasteiger partial charge in [-0.2, -0.15) is 0 Å². The third-order valence-electron chi connectivity index (χ3n) is 6.01. The number of nitrogens with one attached hydrogen (secondary N) is 1. The number of carbonyl (C=O) groups excluding carboxylic acids is 1. The maximum atomic E-state index is 14.4. The van der Waals surface area contributed by atoms with Gasteiger partial charge in [-0.15, -0.1) is 0 Å². The molecule has 2 aliphatic heterocycles. The summed E-state index contributed by atoms with van der Waals surface area (Å²) in [5.74, 6) is 0.708. The fourth-order valence-electron chi connectivity index (χ4n) is 4.20. The Labute approximate surface area is 205 Å². The number of ether oxygens (including phenoxy) is 4. The molecule has 2 aromatic carbocycles. The highest BCUT2D eigenvalue weighted by Gasteiger charge is 2.28. The summed E-state index contributed by atoms with van der Waals surface area (Å²) in [5.41, 5.74) is 1.02. The third-order valence-corrected chi connectivity index (χ3v) is 6.01. The van der Waals surface area contributed by atoms with Crippen molar-refractivity contribution in [2.24, 2.45) is 0 Å². The van der Waals surface area contributed by atoms with Crippen LogP contribution in [0.15, 0.2) is 42.5 Å². The first-order valence-electron chi connectivity index (χ1n) is 12.0. The molecule has 2 aliphatic rings. The van der Waals surface area contributed by atoms with Crippen LogP contribution in [0.2, 0.25) is 0 Å². The zero-order valence-electron chi connectivity index (χ0n) is 20.4. The predicted molar refractivity (Wildman–Crippen MR) is 129 cm³/mol. The van der Waals surface area contributed by atoms with Gasteiger partial charge < -0.3 is 29.2 Å². The number of likely N-dealkylation sites (N-methyl/N-ethyl adjacent to an activating group) is 1. The summed E-state index contributed by atoms with van der Waals surface area (Å²) < 4.78 is 37.2. The molecule has 2 unspecified atom stereocenters. The monoisotopic (exact) mass is 487 g/mol. The summed E-state index contributed by atoms with van der Waals surface area (Å²) >= 11 is 0. The Morgan fingerprint density at radius 1 is 1.20 bits per heavy atom. The second-order valence-corrected chi connectivity index (χ2v) is 9.15. The Balaban J connectivity index is 1.51. The molecule has 9 heteroatoms. The van der Waals surface area contributed by atoms with Crippen LogP contribution in [0.25, 0.3) is 0 Å². The number of hydrogen-bond acceptors (Lipinski definition) is 7. The number of para-hydroxylation sites is 1. The summed E-state index contributed by atoms with van der Waals surface area (Å²) in [4.78, 5) is 17.3. The van der Waals surface area contributed by atoms with Crippen molar-refractivity contribution in [3.8, 4) is 17.2 Å². The third kappa shape index (κ3) is 7.30. The first-order chi connectivity index (χ1) is 17.0. The SMILES string of the molecule is CN(C)CCNC(=O)C(CN(Cc1ccc2c(c1)OCO2)CC1CCCO1)Oc1ccccc1F. The Morgan fingerprint density at radius 3 is 2.80 bits per heavy atom. The number of benzene rings is 2. The van der Waals surface area contributed by atoms with Crippen molar-refractivity contribution in [2.75, 3.05) is 53.7 Å². The molecule has 8 nitrogen and oxygen atoms in total. The van der Waals surface area contributed by atoms with Gasteiger partial charge in [-0.3, -0.25) is 9.69 Å². The lowest BCUT2D eigenvalue weighted by atomic mass is 10.1. The lowest BCUT2D eigenvalue weighted by Gasteiger charge is -2.29. The predicted octanol–water partition coefficient (Wildman–Crippen LogP) is 2.66. The Kier molecular flexibility index (Phi) is 8.79. The standard InChI is InChI=1S/C26H34FN3O5/c1-29(2)12-11-28-26(31)25(35-22-8-4-3-7-21(22)27)17-30(16-20-6-5-13-32-20)15-19-9-10-23-24(14-19)34-18-33-23/h3-4,7-10,14,20,25H,5-6,11-13,15-18H2,1-2H3,(H,28,31). The van der Waals surface area contributed by atoms with Crippen LogP contribution >= 0.6 is 0 Å². The van der Waals surface area contributed by atoms with E-state index in [-0.39, 0.29) is 31.1 Å². The van der Waals surface area contributed by atoms with E-state index >= 15 is 0 Å². The van der Waals surface area contributed by atoms with Crippen LogP contribution in [0.4, 0.5) is 4.39 Å². The zero-order valence-corrected chi connectivity index (χ0v) is 20.4. The van der Waals surface area contributed by atoms with Gasteiger partial charge in [0.2, 0.25) is 6.79 Å². The van der Waals surface area contributed by atoms with Crippen LogP contribution in [-0.4, -0.2) is 81.6 Å². The minimum Gasteiger partial charge on any atom is -0.476 e. The van der Waals surface area contributed by atoms with E-state index < -0.39 is 11.9 Å². The molecular formula is C26H34FN3O5. The Hall–Kier alpha value is -2.88. The summed E-state index contributed by atoms with van der Waals surface area (Å²) in [6.07, 6.45) is 1.16. The van der Waals surface area contributed by atoms with Crippen molar-refractivity contribution in [1.82, 2.24) is 15.1 Å². The number of nitrogens with zero attached hydrogens (tertiary/aromatic N) is 2. The Bertz CT molecular complexity index is 983. The number of amides is 1. The van der Waals surface area contributed by atoms with Gasteiger partial charge >= 0.3 is 0 Å². The summed E-state index contributed by atoms with van der Waals surface area (Å²) in [7, 11) is 3.88. The van der Waals surface area contributed by atoms with Gasteiger partial charge in [0.05, 0.1) is 6.10 Å². The Morgan fingerprint density at radius 2 is 2.03 bits per heavy atom. The van der Waals surface area contributed by atoms with Gasteiger partial charge in [0.1, 0.15) is 0 Å². The number of rotatable bonds is 12. The van der Waals surface area contributed by atoms with E-state index in [0.717, 1.165) is 30.8 Å². The van der Waals surface area contributed by atoms with Gasteiger partial charge in [0.15, 0.2) is 29.2 Å². The molecule has 0 saturated carbocycles. The van der Waals surface area contributed by atoms with Crippen LogP contribution < -0.4 is 19.5 Å². The minimum atomic E-state index is -0.899. The second kappa shape index (κ2) is 12.2. The zero-order chi connectivity index (χ0) is 24.6. The van der Waals surface area contributed by atoms with E-state index in [1.165, 1.54) is 12.1 Å². The van der Waals surface area contributed by atoms with Crippen molar-refractivity contribution >= 4 is 5.91 Å². The molecule has 0 radical (unpaired) electrons. The van der Waals surface area contributed by atoms with Crippen molar-refractivity contribution in [3.05, 3.63) is 53.8 Å². The van der Waals surface area contributed by atoms with Crippen LogP contribution in [0.3, 0.4) is 0 Å². The topological polar surface area (TPSA) is 72.5 Å². The maximum Gasteiger partial charge on any atom is 0.262 e. The van der Waals surface area contributed by atoms with Gasteiger partial charge in [0, 0.05) is 39.3 Å². The van der Waals surface area contributed by atoms with Crippen LogP contribution in [0.5, 0.6) is 17.2 Å². The molecule has 0 aliphatic carbocycles. The van der Waals surface area contributed by atoms with E-state index in [1.807, 2.05) is 37.2 Å². The molecule has 0 aromatic heterocycles. The van der Waals surface area contributed by atoms with Gasteiger partial charge in [0.25, 0.3) is 5.91 Å². The molecule has 0 spiro atoms. The largest absolute Gasteiger partial charge is 0.476 e. The second-order valence-electron chi connectivity index (χ2n) is 9.15. The van der Waals surface area contributed by atoms with E-state index in [2.05, 4.69) is 10.2 Å². The molecule has 0 bridgehead atoms. The van der Waals surface area contributed by atoms with E-state index in [4.69, 9.17) is 18.9 Å². The molecule has 1 saturated heterocycles. The molecule has 4 rings (SSSR count). The van der Waals surface area contributed by atoms with Crippen LogP contribution in [0.1, 0.15) is 18.4 Å². The highest BCUT2D eigenvalue weighted by atomic mass is 19.1. The van der Waals surface area contributed by atoms with Crippen molar-refractivity contribution in [2.45, 2.75) is 31.6 Å². The smallest absolute Gasteiger partial charge is 0.262 e. The molecule has 35 heavy (non-hydrogen) atoms. The lowest BCUT2D eigenvalue weighted by molar-refractivity contribution is -0.129. The van der Waals surface area contributed by atoms with E-state index in [0.29, 0.717) is 31.9 Å².